The molecule has 3 N–H and O–H groups in total. The predicted octanol–water partition coefficient (Wildman–Crippen LogP) is 2.23. The summed E-state index contributed by atoms with van der Waals surface area (Å²) >= 11 is 0. The molecule has 2 aromatic rings. The van der Waals surface area contributed by atoms with E-state index >= 15 is 0 Å². The number of hydrogen-bond acceptors (Lipinski definition) is 4. The lowest BCUT2D eigenvalue weighted by Gasteiger charge is -2.21. The topological polar surface area (TPSA) is 72.8 Å². The maximum absolute atomic E-state index is 14.0. The van der Waals surface area contributed by atoms with Crippen molar-refractivity contribution in [3.05, 3.63) is 59.9 Å². The zero-order valence-corrected chi connectivity index (χ0v) is 15.8. The monoisotopic (exact) mass is 389 g/mol. The van der Waals surface area contributed by atoms with Crippen molar-refractivity contribution < 1.29 is 13.9 Å². The summed E-state index contributed by atoms with van der Waals surface area (Å²) < 4.78 is 28.0. The van der Waals surface area contributed by atoms with Gasteiger partial charge >= 0.3 is 0 Å². The van der Waals surface area contributed by atoms with E-state index < -0.39 is 17.7 Å². The number of aromatic nitrogens is 1. The summed E-state index contributed by atoms with van der Waals surface area (Å²) in [6.07, 6.45) is 3.25. The summed E-state index contributed by atoms with van der Waals surface area (Å²) in [5.41, 5.74) is 0.763. The first-order chi connectivity index (χ1) is 13.6. The van der Waals surface area contributed by atoms with Gasteiger partial charge in [-0.15, -0.1) is 0 Å². The van der Waals surface area contributed by atoms with Gasteiger partial charge in [-0.25, -0.2) is 8.78 Å². The van der Waals surface area contributed by atoms with Crippen LogP contribution < -0.4 is 15.5 Å². The largest absolute Gasteiger partial charge is 0.386 e. The number of guanidine groups is 1. The molecule has 0 bridgehead atoms. The van der Waals surface area contributed by atoms with Gasteiger partial charge < -0.3 is 20.6 Å². The first kappa shape index (κ1) is 20.0. The van der Waals surface area contributed by atoms with E-state index in [1.165, 1.54) is 18.2 Å². The van der Waals surface area contributed by atoms with Gasteiger partial charge in [0, 0.05) is 38.1 Å². The average molecular weight is 389 g/mol. The molecule has 1 aliphatic heterocycles. The summed E-state index contributed by atoms with van der Waals surface area (Å²) in [4.78, 5) is 10.1. The van der Waals surface area contributed by atoms with Crippen molar-refractivity contribution in [1.29, 1.82) is 0 Å². The standard InChI is InChI=1S/C20H25F2N5O/c1-2-24-20(25-12-18(28)14-6-9-23-10-7-14)26-15-8-11-27(13-15)19-16(21)4-3-5-17(19)22/h3-7,9-10,15,18,28H,2,8,11-13H2,1H3,(H2,24,25,26). The molecule has 0 radical (unpaired) electrons. The van der Waals surface area contributed by atoms with Crippen LogP contribution >= 0.6 is 0 Å². The van der Waals surface area contributed by atoms with Crippen molar-refractivity contribution in [2.24, 2.45) is 4.99 Å². The van der Waals surface area contributed by atoms with Crippen LogP contribution in [0.2, 0.25) is 0 Å². The Bertz CT molecular complexity index is 782. The number of aliphatic hydroxyl groups is 1. The number of para-hydroxylation sites is 1. The van der Waals surface area contributed by atoms with Gasteiger partial charge in [-0.05, 0) is 43.2 Å². The number of nitrogens with one attached hydrogen (secondary N) is 2. The molecule has 1 aromatic carbocycles. The van der Waals surface area contributed by atoms with Gasteiger partial charge in [-0.1, -0.05) is 6.07 Å². The smallest absolute Gasteiger partial charge is 0.191 e. The Balaban J connectivity index is 1.61. The van der Waals surface area contributed by atoms with Crippen molar-refractivity contribution in [3.8, 4) is 0 Å². The first-order valence-corrected chi connectivity index (χ1v) is 9.40. The molecule has 1 aromatic heterocycles. The lowest BCUT2D eigenvalue weighted by atomic mass is 10.1. The number of hydrogen-bond donors (Lipinski definition) is 3. The zero-order valence-electron chi connectivity index (χ0n) is 15.8. The minimum atomic E-state index is -0.731. The van der Waals surface area contributed by atoms with Crippen molar-refractivity contribution in [2.45, 2.75) is 25.5 Å². The van der Waals surface area contributed by atoms with Crippen LogP contribution in [0.4, 0.5) is 14.5 Å². The van der Waals surface area contributed by atoms with Crippen LogP contribution in [-0.4, -0.2) is 48.3 Å². The van der Waals surface area contributed by atoms with E-state index in [-0.39, 0.29) is 18.3 Å². The molecule has 0 aliphatic carbocycles. The summed E-state index contributed by atoms with van der Waals surface area (Å²) in [5.74, 6) is -0.542. The summed E-state index contributed by atoms with van der Waals surface area (Å²) in [6.45, 7) is 3.82. The number of rotatable bonds is 6. The van der Waals surface area contributed by atoms with Crippen LogP contribution in [0.25, 0.3) is 0 Å². The van der Waals surface area contributed by atoms with E-state index in [1.807, 2.05) is 6.92 Å². The van der Waals surface area contributed by atoms with Crippen molar-refractivity contribution >= 4 is 11.6 Å². The lowest BCUT2D eigenvalue weighted by Crippen LogP contribution is -2.45. The molecule has 1 aliphatic rings. The SMILES string of the molecule is CCNC(=NCC(O)c1ccncc1)NC1CCN(c2c(F)cccc2F)C1. The summed E-state index contributed by atoms with van der Waals surface area (Å²) in [7, 11) is 0. The van der Waals surface area contributed by atoms with Crippen LogP contribution in [-0.2, 0) is 0 Å². The lowest BCUT2D eigenvalue weighted by molar-refractivity contribution is 0.187. The van der Waals surface area contributed by atoms with E-state index in [2.05, 4.69) is 20.6 Å². The van der Waals surface area contributed by atoms with Gasteiger partial charge in [0.15, 0.2) is 5.96 Å². The van der Waals surface area contributed by atoms with E-state index in [0.717, 1.165) is 12.0 Å². The minimum Gasteiger partial charge on any atom is -0.386 e. The van der Waals surface area contributed by atoms with Crippen LogP contribution in [0, 0.1) is 11.6 Å². The molecule has 8 heteroatoms. The zero-order chi connectivity index (χ0) is 19.9. The van der Waals surface area contributed by atoms with E-state index in [1.54, 1.807) is 29.4 Å². The van der Waals surface area contributed by atoms with Gasteiger partial charge in [-0.2, -0.15) is 0 Å². The average Bonchev–Trinajstić information content (AvgIpc) is 3.14. The Morgan fingerprint density at radius 3 is 2.68 bits per heavy atom. The molecule has 1 saturated heterocycles. The Labute approximate surface area is 163 Å². The Kier molecular flexibility index (Phi) is 6.76. The third kappa shape index (κ3) is 4.95. The van der Waals surface area contributed by atoms with Gasteiger partial charge in [0.25, 0.3) is 0 Å². The van der Waals surface area contributed by atoms with Crippen molar-refractivity contribution in [2.75, 3.05) is 31.1 Å². The molecule has 28 heavy (non-hydrogen) atoms. The number of aliphatic imine (C=N–C) groups is 1. The second-order valence-electron chi connectivity index (χ2n) is 6.66. The second-order valence-corrected chi connectivity index (χ2v) is 6.66. The van der Waals surface area contributed by atoms with E-state index in [4.69, 9.17) is 0 Å². The summed E-state index contributed by atoms with van der Waals surface area (Å²) in [6, 6.07) is 7.40. The number of benzene rings is 1. The minimum absolute atomic E-state index is 0.00475. The maximum atomic E-state index is 14.0. The molecule has 2 unspecified atom stereocenters. The predicted molar refractivity (Wildman–Crippen MR) is 105 cm³/mol. The van der Waals surface area contributed by atoms with Crippen LogP contribution in [0.5, 0.6) is 0 Å². The molecule has 3 rings (SSSR count). The highest BCUT2D eigenvalue weighted by Gasteiger charge is 2.27. The Morgan fingerprint density at radius 1 is 1.29 bits per heavy atom. The fourth-order valence-electron chi connectivity index (χ4n) is 3.25. The highest BCUT2D eigenvalue weighted by molar-refractivity contribution is 5.80. The second kappa shape index (κ2) is 9.45. The molecule has 2 atom stereocenters. The first-order valence-electron chi connectivity index (χ1n) is 9.40. The quantitative estimate of drug-likeness (QED) is 0.522. The Morgan fingerprint density at radius 2 is 2.00 bits per heavy atom. The number of aliphatic hydroxyl groups excluding tert-OH is 1. The number of nitrogens with zero attached hydrogens (tertiary/aromatic N) is 3. The number of pyridine rings is 1. The van der Waals surface area contributed by atoms with Crippen LogP contribution in [0.1, 0.15) is 25.0 Å². The van der Waals surface area contributed by atoms with Gasteiger partial charge in [0.05, 0.1) is 12.6 Å². The van der Waals surface area contributed by atoms with Crippen LogP contribution in [0.3, 0.4) is 0 Å². The maximum Gasteiger partial charge on any atom is 0.191 e. The number of halogens is 2. The number of anilines is 1. The normalized spacial score (nSPS) is 18.2. The third-order valence-corrected chi connectivity index (χ3v) is 4.64. The van der Waals surface area contributed by atoms with Crippen LogP contribution in [0.15, 0.2) is 47.7 Å². The van der Waals surface area contributed by atoms with Gasteiger partial charge in [-0.3, -0.25) is 9.98 Å². The summed E-state index contributed by atoms with van der Waals surface area (Å²) in [5, 5.41) is 16.7. The fraction of sp³-hybridized carbons (Fsp3) is 0.400. The van der Waals surface area contributed by atoms with Crippen molar-refractivity contribution in [1.82, 2.24) is 15.6 Å². The molecular formula is C20H25F2N5O. The Hall–Kier alpha value is -2.74. The molecule has 6 nitrogen and oxygen atoms in total. The highest BCUT2D eigenvalue weighted by Crippen LogP contribution is 2.26. The highest BCUT2D eigenvalue weighted by atomic mass is 19.1. The molecule has 0 saturated carbocycles. The van der Waals surface area contributed by atoms with E-state index in [9.17, 15) is 13.9 Å². The van der Waals surface area contributed by atoms with E-state index in [0.29, 0.717) is 25.6 Å². The molecule has 1 fully saturated rings. The van der Waals surface area contributed by atoms with Gasteiger partial charge in [0.1, 0.15) is 17.3 Å². The molecule has 0 amide bonds. The molecule has 150 valence electrons. The van der Waals surface area contributed by atoms with Crippen molar-refractivity contribution in [3.63, 3.8) is 0 Å². The molecular weight excluding hydrogens is 364 g/mol. The molecule has 0 spiro atoms. The molecule has 2 heterocycles. The third-order valence-electron chi connectivity index (χ3n) is 4.64. The van der Waals surface area contributed by atoms with Gasteiger partial charge in [0.2, 0.25) is 0 Å². The fourth-order valence-corrected chi connectivity index (χ4v) is 3.25.